The summed E-state index contributed by atoms with van der Waals surface area (Å²) in [6, 6.07) is 0. The average Bonchev–Trinajstić information content (AvgIpc) is 2.81. The number of carboxylic acid groups (broad SMARTS) is 1. The Hall–Kier alpha value is -0.980. The third-order valence-electron chi connectivity index (χ3n) is 5.57. The molecule has 0 aromatic carbocycles. The first kappa shape index (κ1) is 37.6. The summed E-state index contributed by atoms with van der Waals surface area (Å²) in [6.45, 7) is 10.5. The topological polar surface area (TPSA) is 125 Å². The van der Waals surface area contributed by atoms with E-state index in [4.69, 9.17) is 0 Å². The fraction of sp³-hybridized carbons (Fsp3) is 0.929. The Morgan fingerprint density at radius 2 is 1.00 bits per heavy atom. The molecule has 0 aromatic rings. The number of quaternary nitrogens is 2. The van der Waals surface area contributed by atoms with Crippen LogP contribution in [0.5, 0.6) is 0 Å². The van der Waals surface area contributed by atoms with Crippen LogP contribution in [0.15, 0.2) is 0 Å². The molecule has 6 nitrogen and oxygen atoms in total. The normalized spacial score (nSPS) is 10.1. The molecule has 0 aliphatic rings. The zero-order valence-corrected chi connectivity index (χ0v) is 23.4. The summed E-state index contributed by atoms with van der Waals surface area (Å²) in [5.74, 6) is -0.577. The van der Waals surface area contributed by atoms with Crippen LogP contribution in [-0.2, 0) is 9.59 Å². The van der Waals surface area contributed by atoms with Crippen molar-refractivity contribution in [3.63, 3.8) is 0 Å². The highest BCUT2D eigenvalue weighted by Gasteiger charge is 1.94. The van der Waals surface area contributed by atoms with Crippen LogP contribution in [0.25, 0.3) is 0 Å². The molecule has 0 unspecified atom stereocenters. The molecule has 0 aliphatic heterocycles. The highest BCUT2D eigenvalue weighted by atomic mass is 16.4. The first-order valence-corrected chi connectivity index (χ1v) is 14.4. The van der Waals surface area contributed by atoms with Gasteiger partial charge in [0, 0.05) is 25.4 Å². The molecule has 7 N–H and O–H groups in total. The molecule has 0 aromatic heterocycles. The minimum atomic E-state index is -0.913. The van der Waals surface area contributed by atoms with E-state index in [-0.39, 0.29) is 6.42 Å². The van der Waals surface area contributed by atoms with E-state index in [1.165, 1.54) is 89.9 Å². The molecule has 0 bridgehead atoms. The van der Waals surface area contributed by atoms with Gasteiger partial charge in [0.1, 0.15) is 5.78 Å². The minimum Gasteiger partial charge on any atom is -0.550 e. The summed E-state index contributed by atoms with van der Waals surface area (Å²) in [5.41, 5.74) is 7.55. The summed E-state index contributed by atoms with van der Waals surface area (Å²) in [6.07, 6.45) is 21.9. The van der Waals surface area contributed by atoms with E-state index >= 15 is 0 Å². The molecule has 0 heterocycles. The van der Waals surface area contributed by atoms with E-state index in [1.807, 2.05) is 0 Å². The number of rotatable bonds is 23. The van der Waals surface area contributed by atoms with Crippen LogP contribution in [0, 0.1) is 0 Å². The van der Waals surface area contributed by atoms with Crippen LogP contribution in [0.1, 0.15) is 143 Å². The molecule has 0 spiro atoms. The van der Waals surface area contributed by atoms with E-state index < -0.39 is 5.97 Å². The number of Topliss-reactive ketones (excluding diaryl/α,β-unsaturated/α-hetero) is 1. The SMILES string of the molecule is CCCCCCCCCC(=O)[O-].CCCCCCCCCC(C)=O.[NH3+]CCCCNCCC[NH3+]. The minimum absolute atomic E-state index is 0.230. The molecule has 0 saturated heterocycles. The van der Waals surface area contributed by atoms with Crippen LogP contribution < -0.4 is 21.9 Å². The largest absolute Gasteiger partial charge is 0.550 e. The molecule has 0 radical (unpaired) electrons. The predicted molar refractivity (Wildman–Crippen MR) is 143 cm³/mol. The number of hydrogen-bond donors (Lipinski definition) is 3. The van der Waals surface area contributed by atoms with Gasteiger partial charge < -0.3 is 31.5 Å². The standard InChI is InChI=1S/C11H22O.C10H20O2.C7H19N3/c1-3-4-5-6-7-8-9-10-11(2)12;1-2-3-4-5-6-7-8-9-10(11)12;8-4-1-2-6-10-7-3-5-9/h3-10H2,1-2H3;2-9H2,1H3,(H,11,12);10H,1-9H2/p+1. The third-order valence-corrected chi connectivity index (χ3v) is 5.57. The lowest BCUT2D eigenvalue weighted by molar-refractivity contribution is -0.369. The molecule has 206 valence electrons. The van der Waals surface area contributed by atoms with Gasteiger partial charge in [0.25, 0.3) is 0 Å². The van der Waals surface area contributed by atoms with Crippen LogP contribution in [-0.4, -0.2) is 37.9 Å². The van der Waals surface area contributed by atoms with Gasteiger partial charge in [-0.05, 0) is 45.6 Å². The van der Waals surface area contributed by atoms with Gasteiger partial charge in [-0.1, -0.05) is 90.9 Å². The molecule has 0 rings (SSSR count). The zero-order valence-electron chi connectivity index (χ0n) is 23.4. The number of hydrogen-bond acceptors (Lipinski definition) is 4. The van der Waals surface area contributed by atoms with Gasteiger partial charge in [0.15, 0.2) is 0 Å². The van der Waals surface area contributed by atoms with Crippen molar-refractivity contribution in [2.75, 3.05) is 26.2 Å². The van der Waals surface area contributed by atoms with Crippen molar-refractivity contribution in [3.8, 4) is 0 Å². The fourth-order valence-electron chi connectivity index (χ4n) is 3.36. The van der Waals surface area contributed by atoms with E-state index in [1.54, 1.807) is 6.92 Å². The highest BCUT2D eigenvalue weighted by Crippen LogP contribution is 2.08. The van der Waals surface area contributed by atoms with Gasteiger partial charge in [-0.25, -0.2) is 0 Å². The summed E-state index contributed by atoms with van der Waals surface area (Å²) in [5, 5.41) is 13.4. The Morgan fingerprint density at radius 3 is 1.41 bits per heavy atom. The third kappa shape index (κ3) is 48.5. The summed E-state index contributed by atoms with van der Waals surface area (Å²) >= 11 is 0. The lowest BCUT2D eigenvalue weighted by atomic mass is 10.1. The average molecular weight is 489 g/mol. The van der Waals surface area contributed by atoms with Crippen LogP contribution in [0.2, 0.25) is 0 Å². The number of ketones is 1. The van der Waals surface area contributed by atoms with Gasteiger partial charge in [-0.15, -0.1) is 0 Å². The van der Waals surface area contributed by atoms with Crippen LogP contribution in [0.3, 0.4) is 0 Å². The number of carbonyl (C=O) groups is 2. The predicted octanol–water partition coefficient (Wildman–Crippen LogP) is 3.82. The van der Waals surface area contributed by atoms with Crippen molar-refractivity contribution in [1.82, 2.24) is 5.32 Å². The maximum Gasteiger partial charge on any atom is 0.129 e. The Labute approximate surface area is 212 Å². The summed E-state index contributed by atoms with van der Waals surface area (Å²) in [7, 11) is 0. The molecular weight excluding hydrogens is 426 g/mol. The van der Waals surface area contributed by atoms with Gasteiger partial charge in [-0.2, -0.15) is 0 Å². The van der Waals surface area contributed by atoms with Crippen molar-refractivity contribution in [1.29, 1.82) is 0 Å². The van der Waals surface area contributed by atoms with Crippen molar-refractivity contribution in [2.45, 2.75) is 143 Å². The number of carbonyl (C=O) groups excluding carboxylic acids is 2. The monoisotopic (exact) mass is 488 g/mol. The van der Waals surface area contributed by atoms with E-state index in [0.29, 0.717) is 5.78 Å². The maximum absolute atomic E-state index is 10.6. The van der Waals surface area contributed by atoms with E-state index in [2.05, 4.69) is 30.6 Å². The summed E-state index contributed by atoms with van der Waals surface area (Å²) in [4.78, 5) is 20.6. The molecular formula is C28H62N3O3+. The van der Waals surface area contributed by atoms with Gasteiger partial charge in [0.05, 0.1) is 13.1 Å². The van der Waals surface area contributed by atoms with E-state index in [9.17, 15) is 14.7 Å². The first-order valence-electron chi connectivity index (χ1n) is 14.4. The van der Waals surface area contributed by atoms with Crippen LogP contribution >= 0.6 is 0 Å². The molecule has 0 aliphatic carbocycles. The molecule has 34 heavy (non-hydrogen) atoms. The van der Waals surface area contributed by atoms with Gasteiger partial charge in [0.2, 0.25) is 0 Å². The molecule has 0 saturated carbocycles. The van der Waals surface area contributed by atoms with Crippen molar-refractivity contribution >= 4 is 11.8 Å². The van der Waals surface area contributed by atoms with Gasteiger partial charge >= 0.3 is 0 Å². The Kier molecular flexibility index (Phi) is 40.4. The lowest BCUT2D eigenvalue weighted by Crippen LogP contribution is -2.51. The second-order valence-electron chi connectivity index (χ2n) is 9.33. The number of aliphatic carboxylic acids is 1. The van der Waals surface area contributed by atoms with Crippen molar-refractivity contribution < 1.29 is 26.2 Å². The first-order chi connectivity index (χ1) is 16.5. The number of unbranched alkanes of at least 4 members (excludes halogenated alkanes) is 13. The quantitative estimate of drug-likeness (QED) is 0.189. The Balaban J connectivity index is -0.000000426. The summed E-state index contributed by atoms with van der Waals surface area (Å²) < 4.78 is 0. The number of carboxylic acids is 1. The van der Waals surface area contributed by atoms with E-state index in [0.717, 1.165) is 51.9 Å². The molecule has 0 atom stereocenters. The lowest BCUT2D eigenvalue weighted by Gasteiger charge is -2.01. The number of nitrogens with one attached hydrogen (secondary N) is 1. The molecule has 0 amide bonds. The molecule has 0 fully saturated rings. The highest BCUT2D eigenvalue weighted by molar-refractivity contribution is 5.75. The zero-order chi connectivity index (χ0) is 26.1. The van der Waals surface area contributed by atoms with Crippen molar-refractivity contribution in [2.24, 2.45) is 0 Å². The smallest absolute Gasteiger partial charge is 0.129 e. The van der Waals surface area contributed by atoms with Crippen LogP contribution in [0.4, 0.5) is 0 Å². The van der Waals surface area contributed by atoms with Gasteiger partial charge in [-0.3, -0.25) is 0 Å². The van der Waals surface area contributed by atoms with Crippen molar-refractivity contribution in [3.05, 3.63) is 0 Å². The maximum atomic E-state index is 10.6. The second kappa shape index (κ2) is 36.6. The Morgan fingerprint density at radius 1 is 0.588 bits per heavy atom. The molecule has 6 heteroatoms. The second-order valence-corrected chi connectivity index (χ2v) is 9.33. The Bertz CT molecular complexity index is 357. The fourth-order valence-corrected chi connectivity index (χ4v) is 3.36.